The Morgan fingerprint density at radius 2 is 1.95 bits per heavy atom. The fourth-order valence-electron chi connectivity index (χ4n) is 4.06. The minimum atomic E-state index is -0.258. The summed E-state index contributed by atoms with van der Waals surface area (Å²) in [6, 6.07) is 8.33. The largest absolute Gasteiger partial charge is 0.493 e. The van der Waals surface area contributed by atoms with Gasteiger partial charge in [0.05, 0.1) is 6.61 Å². The van der Waals surface area contributed by atoms with Crippen molar-refractivity contribution in [3.63, 3.8) is 0 Å². The standard InChI is InChI=1S/C18H29NO/c1-5-10-20-16-9-7-6-8-15(16)18(19)12-14(2)11-17(3,4)13-18/h6-9,14H,5,10-13,19H2,1-4H3. The summed E-state index contributed by atoms with van der Waals surface area (Å²) >= 11 is 0. The van der Waals surface area contributed by atoms with Crippen molar-refractivity contribution in [3.8, 4) is 5.75 Å². The number of benzene rings is 1. The monoisotopic (exact) mass is 275 g/mol. The first-order chi connectivity index (χ1) is 9.36. The van der Waals surface area contributed by atoms with Gasteiger partial charge in [0.1, 0.15) is 5.75 Å². The molecule has 2 heteroatoms. The number of nitrogens with two attached hydrogens (primary N) is 1. The van der Waals surface area contributed by atoms with Gasteiger partial charge in [0.25, 0.3) is 0 Å². The summed E-state index contributed by atoms with van der Waals surface area (Å²) in [5.74, 6) is 1.63. The molecule has 1 fully saturated rings. The minimum Gasteiger partial charge on any atom is -0.493 e. The fraction of sp³-hybridized carbons (Fsp3) is 0.667. The van der Waals surface area contributed by atoms with Gasteiger partial charge in [0.15, 0.2) is 0 Å². The first-order valence-electron chi connectivity index (χ1n) is 7.87. The van der Waals surface area contributed by atoms with Gasteiger partial charge in [-0.2, -0.15) is 0 Å². The molecule has 0 aliphatic heterocycles. The van der Waals surface area contributed by atoms with Crippen LogP contribution in [0.25, 0.3) is 0 Å². The van der Waals surface area contributed by atoms with Crippen LogP contribution in [0.2, 0.25) is 0 Å². The molecule has 2 N–H and O–H groups in total. The normalized spacial score (nSPS) is 29.1. The molecule has 2 unspecified atom stereocenters. The van der Waals surface area contributed by atoms with Gasteiger partial charge in [-0.3, -0.25) is 0 Å². The number of rotatable bonds is 4. The molecular formula is C18H29NO. The molecule has 1 saturated carbocycles. The van der Waals surface area contributed by atoms with E-state index in [1.54, 1.807) is 0 Å². The highest BCUT2D eigenvalue weighted by Gasteiger charge is 2.42. The maximum absolute atomic E-state index is 6.84. The van der Waals surface area contributed by atoms with E-state index < -0.39 is 0 Å². The maximum atomic E-state index is 6.84. The fourth-order valence-corrected chi connectivity index (χ4v) is 4.06. The topological polar surface area (TPSA) is 35.2 Å². The lowest BCUT2D eigenvalue weighted by Gasteiger charge is -2.46. The molecule has 112 valence electrons. The van der Waals surface area contributed by atoms with Gasteiger partial charge in [-0.25, -0.2) is 0 Å². The van der Waals surface area contributed by atoms with Gasteiger partial charge < -0.3 is 10.5 Å². The minimum absolute atomic E-state index is 0.258. The van der Waals surface area contributed by atoms with Crippen molar-refractivity contribution in [2.24, 2.45) is 17.1 Å². The second-order valence-electron chi connectivity index (χ2n) is 7.36. The van der Waals surface area contributed by atoms with E-state index in [1.807, 2.05) is 6.07 Å². The van der Waals surface area contributed by atoms with Crippen molar-refractivity contribution in [1.29, 1.82) is 0 Å². The summed E-state index contributed by atoms with van der Waals surface area (Å²) in [4.78, 5) is 0. The Labute approximate surface area is 123 Å². The molecular weight excluding hydrogens is 246 g/mol. The molecule has 1 aromatic carbocycles. The van der Waals surface area contributed by atoms with E-state index >= 15 is 0 Å². The first kappa shape index (κ1) is 15.4. The van der Waals surface area contributed by atoms with Crippen LogP contribution in [-0.2, 0) is 5.54 Å². The third-order valence-electron chi connectivity index (χ3n) is 4.29. The Kier molecular flexibility index (Phi) is 4.43. The Balaban J connectivity index is 2.33. The van der Waals surface area contributed by atoms with Crippen LogP contribution in [0.1, 0.15) is 58.9 Å². The average Bonchev–Trinajstić information content (AvgIpc) is 2.33. The Morgan fingerprint density at radius 1 is 1.25 bits per heavy atom. The van der Waals surface area contributed by atoms with E-state index in [2.05, 4.69) is 45.9 Å². The van der Waals surface area contributed by atoms with Gasteiger partial charge in [-0.15, -0.1) is 0 Å². The Hall–Kier alpha value is -1.02. The summed E-state index contributed by atoms with van der Waals surface area (Å²) in [5, 5.41) is 0. The summed E-state index contributed by atoms with van der Waals surface area (Å²) < 4.78 is 5.93. The molecule has 1 aliphatic rings. The van der Waals surface area contributed by atoms with E-state index in [-0.39, 0.29) is 5.54 Å². The summed E-state index contributed by atoms with van der Waals surface area (Å²) in [6.45, 7) is 9.87. The third kappa shape index (κ3) is 3.35. The van der Waals surface area contributed by atoms with E-state index in [9.17, 15) is 0 Å². The number of ether oxygens (including phenoxy) is 1. The van der Waals surface area contributed by atoms with E-state index in [0.29, 0.717) is 11.3 Å². The van der Waals surface area contributed by atoms with Gasteiger partial charge in [-0.05, 0) is 43.1 Å². The predicted octanol–water partition coefficient (Wildman–Crippen LogP) is 4.48. The molecule has 0 bridgehead atoms. The highest BCUT2D eigenvalue weighted by Crippen LogP contribution is 2.49. The van der Waals surface area contributed by atoms with Crippen LogP contribution >= 0.6 is 0 Å². The van der Waals surface area contributed by atoms with E-state index in [0.717, 1.165) is 31.6 Å². The van der Waals surface area contributed by atoms with Gasteiger partial charge >= 0.3 is 0 Å². The van der Waals surface area contributed by atoms with Gasteiger partial charge in [-0.1, -0.05) is 45.9 Å². The molecule has 2 nitrogen and oxygen atoms in total. The molecule has 20 heavy (non-hydrogen) atoms. The molecule has 2 rings (SSSR count). The molecule has 2 atom stereocenters. The highest BCUT2D eigenvalue weighted by atomic mass is 16.5. The second kappa shape index (κ2) is 5.77. The molecule has 0 aromatic heterocycles. The predicted molar refractivity (Wildman–Crippen MR) is 84.9 cm³/mol. The van der Waals surface area contributed by atoms with Crippen LogP contribution < -0.4 is 10.5 Å². The lowest BCUT2D eigenvalue weighted by molar-refractivity contribution is 0.105. The molecule has 0 saturated heterocycles. The van der Waals surface area contributed by atoms with Crippen LogP contribution in [-0.4, -0.2) is 6.61 Å². The smallest absolute Gasteiger partial charge is 0.124 e. The van der Waals surface area contributed by atoms with Crippen molar-refractivity contribution in [2.75, 3.05) is 6.61 Å². The van der Waals surface area contributed by atoms with Crippen LogP contribution in [0.5, 0.6) is 5.75 Å². The summed E-state index contributed by atoms with van der Waals surface area (Å²) in [6.07, 6.45) is 4.34. The van der Waals surface area contributed by atoms with Crippen LogP contribution in [0.4, 0.5) is 0 Å². The lowest BCUT2D eigenvalue weighted by Crippen LogP contribution is -2.46. The van der Waals surface area contributed by atoms with Crippen LogP contribution in [0, 0.1) is 11.3 Å². The van der Waals surface area contributed by atoms with Gasteiger partial charge in [0.2, 0.25) is 0 Å². The van der Waals surface area contributed by atoms with Crippen molar-refractivity contribution >= 4 is 0 Å². The Bertz CT molecular complexity index is 454. The summed E-state index contributed by atoms with van der Waals surface area (Å²) in [5.41, 5.74) is 8.06. The Morgan fingerprint density at radius 3 is 2.60 bits per heavy atom. The SMILES string of the molecule is CCCOc1ccccc1C1(N)CC(C)CC(C)(C)C1. The van der Waals surface area contributed by atoms with Crippen molar-refractivity contribution in [3.05, 3.63) is 29.8 Å². The highest BCUT2D eigenvalue weighted by molar-refractivity contribution is 5.39. The molecule has 0 heterocycles. The molecule has 0 amide bonds. The average molecular weight is 275 g/mol. The van der Waals surface area contributed by atoms with Crippen molar-refractivity contribution < 1.29 is 4.74 Å². The van der Waals surface area contributed by atoms with Gasteiger partial charge in [0, 0.05) is 11.1 Å². The van der Waals surface area contributed by atoms with Crippen LogP contribution in [0.15, 0.2) is 24.3 Å². The number of hydrogen-bond donors (Lipinski definition) is 1. The molecule has 0 radical (unpaired) electrons. The second-order valence-corrected chi connectivity index (χ2v) is 7.36. The van der Waals surface area contributed by atoms with E-state index in [4.69, 9.17) is 10.5 Å². The third-order valence-corrected chi connectivity index (χ3v) is 4.29. The molecule has 0 spiro atoms. The zero-order valence-electron chi connectivity index (χ0n) is 13.4. The van der Waals surface area contributed by atoms with Crippen molar-refractivity contribution in [2.45, 2.75) is 58.9 Å². The lowest BCUT2D eigenvalue weighted by atomic mass is 9.62. The van der Waals surface area contributed by atoms with E-state index in [1.165, 1.54) is 12.0 Å². The number of para-hydroxylation sites is 1. The summed E-state index contributed by atoms with van der Waals surface area (Å²) in [7, 11) is 0. The quantitative estimate of drug-likeness (QED) is 0.879. The van der Waals surface area contributed by atoms with Crippen LogP contribution in [0.3, 0.4) is 0 Å². The zero-order valence-corrected chi connectivity index (χ0v) is 13.4. The molecule has 1 aromatic rings. The van der Waals surface area contributed by atoms with Crippen molar-refractivity contribution in [1.82, 2.24) is 0 Å². The maximum Gasteiger partial charge on any atom is 0.124 e. The molecule has 1 aliphatic carbocycles. The zero-order chi connectivity index (χ0) is 14.8. The number of hydrogen-bond acceptors (Lipinski definition) is 2. The first-order valence-corrected chi connectivity index (χ1v) is 7.87.